The number of fused-ring (bicyclic) bond motifs is 1. The average Bonchev–Trinajstić information content (AvgIpc) is 2.43. The van der Waals surface area contributed by atoms with Crippen molar-refractivity contribution in [3.8, 4) is 0 Å². The largest absolute Gasteiger partial charge is 0.467 e. The van der Waals surface area contributed by atoms with Gasteiger partial charge in [0.2, 0.25) is 0 Å². The molecule has 0 spiro atoms. The molecule has 58 valence electrons. The van der Waals surface area contributed by atoms with Crippen LogP contribution >= 0.6 is 27.7 Å². The molecule has 4 nitrogen and oxygen atoms in total. The second-order valence-electron chi connectivity index (χ2n) is 1.88. The van der Waals surface area contributed by atoms with Crippen molar-refractivity contribution in [3.05, 3.63) is 0 Å². The van der Waals surface area contributed by atoms with Crippen LogP contribution in [0.1, 0.15) is 0 Å². The Morgan fingerprint density at radius 2 is 2.36 bits per heavy atom. The van der Waals surface area contributed by atoms with Gasteiger partial charge in [-0.15, -0.1) is 0 Å². The highest BCUT2D eigenvalue weighted by Gasteiger charge is 2.28. The van der Waals surface area contributed by atoms with E-state index in [1.165, 1.54) is 11.8 Å². The van der Waals surface area contributed by atoms with Gasteiger partial charge in [0, 0.05) is 0 Å². The summed E-state index contributed by atoms with van der Waals surface area (Å²) in [6.45, 7) is 0. The number of halogens is 1. The lowest BCUT2D eigenvalue weighted by atomic mass is 10.7. The second-order valence-corrected chi connectivity index (χ2v) is 4.42. The third-order valence-corrected chi connectivity index (χ3v) is 2.77. The van der Waals surface area contributed by atoms with Crippen molar-refractivity contribution in [2.45, 2.75) is 4.28 Å². The standard InChI is InChI=1S/C5H4BrN3OS/c1-10-5-8-2-3(9-5)11-4(6)7-2/h4H,1H3. The minimum absolute atomic E-state index is 0.0680. The van der Waals surface area contributed by atoms with Crippen LogP contribution in [0.15, 0.2) is 15.0 Å². The number of rotatable bonds is 0. The van der Waals surface area contributed by atoms with E-state index in [1.807, 2.05) is 0 Å². The molecule has 0 radical (unpaired) electrons. The molecular formula is C5H4BrN3OS. The summed E-state index contributed by atoms with van der Waals surface area (Å²) in [5, 5.41) is 0.837. The van der Waals surface area contributed by atoms with E-state index in [-0.39, 0.29) is 4.28 Å². The van der Waals surface area contributed by atoms with E-state index >= 15 is 0 Å². The van der Waals surface area contributed by atoms with Crippen LogP contribution in [-0.4, -0.2) is 28.3 Å². The number of aliphatic imine (C=N–C) groups is 3. The summed E-state index contributed by atoms with van der Waals surface area (Å²) in [6.07, 6.45) is 0. The lowest BCUT2D eigenvalue weighted by molar-refractivity contribution is 0.399. The van der Waals surface area contributed by atoms with Gasteiger partial charge in [0.1, 0.15) is 5.04 Å². The number of alkyl halides is 1. The minimum atomic E-state index is 0.0680. The predicted octanol–water partition coefficient (Wildman–Crippen LogP) is 1.22. The summed E-state index contributed by atoms with van der Waals surface area (Å²) in [5.74, 6) is 0.675. The molecular weight excluding hydrogens is 230 g/mol. The van der Waals surface area contributed by atoms with E-state index in [4.69, 9.17) is 4.74 Å². The van der Waals surface area contributed by atoms with E-state index in [0.29, 0.717) is 11.9 Å². The molecule has 11 heavy (non-hydrogen) atoms. The highest BCUT2D eigenvalue weighted by molar-refractivity contribution is 9.11. The normalized spacial score (nSPS) is 27.5. The Kier molecular flexibility index (Phi) is 1.72. The lowest BCUT2D eigenvalue weighted by Crippen LogP contribution is -1.94. The molecule has 0 saturated carbocycles. The highest BCUT2D eigenvalue weighted by atomic mass is 79.9. The predicted molar refractivity (Wildman–Crippen MR) is 49.6 cm³/mol. The molecule has 2 aliphatic heterocycles. The number of ether oxygens (including phenoxy) is 1. The van der Waals surface area contributed by atoms with Gasteiger partial charge in [-0.2, -0.15) is 9.98 Å². The van der Waals surface area contributed by atoms with Crippen LogP contribution in [0.2, 0.25) is 0 Å². The van der Waals surface area contributed by atoms with Gasteiger partial charge in [-0.3, -0.25) is 0 Å². The molecule has 0 aromatic rings. The van der Waals surface area contributed by atoms with Crippen LogP contribution in [0.25, 0.3) is 0 Å². The Bertz CT molecular complexity index is 285. The summed E-state index contributed by atoms with van der Waals surface area (Å²) < 4.78 is 4.90. The molecule has 0 aliphatic carbocycles. The molecule has 2 rings (SSSR count). The van der Waals surface area contributed by atoms with E-state index in [0.717, 1.165) is 5.04 Å². The number of hydrogen-bond donors (Lipinski definition) is 0. The van der Waals surface area contributed by atoms with Gasteiger partial charge in [-0.1, -0.05) is 27.7 Å². The zero-order valence-electron chi connectivity index (χ0n) is 5.61. The van der Waals surface area contributed by atoms with Crippen molar-refractivity contribution in [3.63, 3.8) is 0 Å². The number of thioether (sulfide) groups is 1. The van der Waals surface area contributed by atoms with Gasteiger partial charge < -0.3 is 4.74 Å². The maximum atomic E-state index is 4.84. The minimum Gasteiger partial charge on any atom is -0.467 e. The smallest absolute Gasteiger partial charge is 0.319 e. The summed E-state index contributed by atoms with van der Waals surface area (Å²) in [4.78, 5) is 12.2. The van der Waals surface area contributed by atoms with Crippen molar-refractivity contribution in [1.82, 2.24) is 0 Å². The molecule has 6 heteroatoms. The first kappa shape index (κ1) is 7.30. The van der Waals surface area contributed by atoms with E-state index < -0.39 is 0 Å². The summed E-state index contributed by atoms with van der Waals surface area (Å²) in [7, 11) is 1.54. The van der Waals surface area contributed by atoms with Gasteiger partial charge in [0.15, 0.2) is 10.1 Å². The maximum Gasteiger partial charge on any atom is 0.319 e. The molecule has 0 fully saturated rings. The number of methoxy groups -OCH3 is 1. The highest BCUT2D eigenvalue weighted by Crippen LogP contribution is 2.30. The Morgan fingerprint density at radius 3 is 3.00 bits per heavy atom. The molecule has 0 N–H and O–H groups in total. The summed E-state index contributed by atoms with van der Waals surface area (Å²) in [6, 6.07) is 0.394. The van der Waals surface area contributed by atoms with Crippen LogP contribution < -0.4 is 0 Å². The Hall–Kier alpha value is -0.360. The van der Waals surface area contributed by atoms with Crippen LogP contribution in [0, 0.1) is 0 Å². The van der Waals surface area contributed by atoms with Gasteiger partial charge in [0.25, 0.3) is 0 Å². The van der Waals surface area contributed by atoms with E-state index in [2.05, 4.69) is 30.9 Å². The van der Waals surface area contributed by atoms with E-state index in [9.17, 15) is 0 Å². The van der Waals surface area contributed by atoms with E-state index in [1.54, 1.807) is 7.11 Å². The first-order chi connectivity index (χ1) is 5.29. The zero-order valence-corrected chi connectivity index (χ0v) is 8.02. The molecule has 0 aromatic heterocycles. The fourth-order valence-corrected chi connectivity index (χ4v) is 2.17. The molecule has 2 heterocycles. The van der Waals surface area contributed by atoms with Crippen LogP contribution in [0.3, 0.4) is 0 Å². The Morgan fingerprint density at radius 1 is 1.55 bits per heavy atom. The molecule has 0 saturated heterocycles. The summed E-state index contributed by atoms with van der Waals surface area (Å²) >= 11 is 4.84. The second kappa shape index (κ2) is 2.60. The summed E-state index contributed by atoms with van der Waals surface area (Å²) in [5.41, 5.74) is 0. The molecule has 0 bridgehead atoms. The van der Waals surface area contributed by atoms with Gasteiger partial charge in [-0.05, 0) is 0 Å². The molecule has 1 atom stereocenters. The lowest BCUT2D eigenvalue weighted by Gasteiger charge is -1.92. The van der Waals surface area contributed by atoms with Crippen LogP contribution in [0.5, 0.6) is 0 Å². The van der Waals surface area contributed by atoms with Crippen molar-refractivity contribution >= 4 is 44.6 Å². The van der Waals surface area contributed by atoms with Gasteiger partial charge in [-0.25, -0.2) is 4.99 Å². The average molecular weight is 234 g/mol. The molecule has 0 amide bonds. The molecule has 1 unspecified atom stereocenters. The fraction of sp³-hybridized carbons (Fsp3) is 0.400. The Labute approximate surface area is 76.0 Å². The van der Waals surface area contributed by atoms with Gasteiger partial charge >= 0.3 is 6.02 Å². The topological polar surface area (TPSA) is 46.3 Å². The third-order valence-electron chi connectivity index (χ3n) is 1.21. The van der Waals surface area contributed by atoms with Crippen LogP contribution in [-0.2, 0) is 4.74 Å². The first-order valence-electron chi connectivity index (χ1n) is 2.90. The van der Waals surface area contributed by atoms with Crippen LogP contribution in [0.4, 0.5) is 0 Å². The number of hydrogen-bond acceptors (Lipinski definition) is 5. The SMILES string of the molecule is COC1=NC2=NC(Br)SC2=N1. The van der Waals surface area contributed by atoms with Crippen molar-refractivity contribution < 1.29 is 4.74 Å². The fourth-order valence-electron chi connectivity index (χ4n) is 0.769. The van der Waals surface area contributed by atoms with Crippen molar-refractivity contribution in [2.75, 3.05) is 7.11 Å². The van der Waals surface area contributed by atoms with Gasteiger partial charge in [0.05, 0.1) is 7.11 Å². The number of amidine groups is 2. The quantitative estimate of drug-likeness (QED) is 0.467. The van der Waals surface area contributed by atoms with Crippen molar-refractivity contribution in [2.24, 2.45) is 15.0 Å². The van der Waals surface area contributed by atoms with Crippen molar-refractivity contribution in [1.29, 1.82) is 0 Å². The Balaban J connectivity index is 2.30. The molecule has 2 aliphatic rings. The number of nitrogens with zero attached hydrogens (tertiary/aromatic N) is 3. The monoisotopic (exact) mass is 233 g/mol. The third kappa shape index (κ3) is 1.20. The first-order valence-corrected chi connectivity index (χ1v) is 4.69. The molecule has 0 aromatic carbocycles. The zero-order chi connectivity index (χ0) is 7.84. The maximum absolute atomic E-state index is 4.84.